The number of rotatable bonds is 5. The average molecular weight is 378 g/mol. The van der Waals surface area contributed by atoms with E-state index in [2.05, 4.69) is 11.4 Å². The normalized spacial score (nSPS) is 18.8. The monoisotopic (exact) mass is 378 g/mol. The van der Waals surface area contributed by atoms with Crippen LogP contribution in [0.15, 0.2) is 24.3 Å². The maximum Gasteiger partial charge on any atom is 0.328 e. The van der Waals surface area contributed by atoms with Gasteiger partial charge >= 0.3 is 5.97 Å². The Labute approximate surface area is 163 Å². The molecule has 7 nitrogen and oxygen atoms in total. The van der Waals surface area contributed by atoms with Crippen molar-refractivity contribution in [3.63, 3.8) is 0 Å². The number of nitriles is 1. The highest BCUT2D eigenvalue weighted by atomic mass is 16.5. The lowest BCUT2D eigenvalue weighted by Gasteiger charge is -2.14. The molecular weight excluding hydrogens is 356 g/mol. The summed E-state index contributed by atoms with van der Waals surface area (Å²) in [6.45, 7) is 4.29. The molecule has 1 aromatic heterocycles. The van der Waals surface area contributed by atoms with Gasteiger partial charge in [-0.1, -0.05) is 12.1 Å². The first-order valence-electron chi connectivity index (χ1n) is 9.60. The second-order valence-corrected chi connectivity index (χ2v) is 7.59. The summed E-state index contributed by atoms with van der Waals surface area (Å²) in [5.41, 5.74) is 3.70. The van der Waals surface area contributed by atoms with Crippen molar-refractivity contribution >= 4 is 11.9 Å². The number of carbonyl (C=O) groups is 2. The zero-order valence-electron chi connectivity index (χ0n) is 15.9. The van der Waals surface area contributed by atoms with Crippen LogP contribution in [0.4, 0.5) is 0 Å². The number of amides is 1. The molecule has 2 aromatic rings. The molecule has 2 aliphatic rings. The van der Waals surface area contributed by atoms with Crippen molar-refractivity contribution in [1.82, 2.24) is 15.1 Å². The van der Waals surface area contributed by atoms with Gasteiger partial charge in [-0.2, -0.15) is 10.4 Å². The van der Waals surface area contributed by atoms with Gasteiger partial charge in [0.2, 0.25) is 0 Å². The fourth-order valence-electron chi connectivity index (χ4n) is 3.58. The van der Waals surface area contributed by atoms with Crippen molar-refractivity contribution in [2.24, 2.45) is 0 Å². The van der Waals surface area contributed by atoms with Crippen LogP contribution in [-0.4, -0.2) is 34.3 Å². The van der Waals surface area contributed by atoms with Gasteiger partial charge in [0, 0.05) is 23.6 Å². The van der Waals surface area contributed by atoms with E-state index in [1.54, 1.807) is 16.8 Å². The molecule has 1 saturated heterocycles. The van der Waals surface area contributed by atoms with Crippen LogP contribution in [0.5, 0.6) is 0 Å². The molecule has 28 heavy (non-hydrogen) atoms. The first-order valence-corrected chi connectivity index (χ1v) is 9.60. The number of esters is 1. The van der Waals surface area contributed by atoms with Crippen molar-refractivity contribution in [3.05, 3.63) is 41.1 Å². The number of benzene rings is 1. The molecule has 1 atom stereocenters. The van der Waals surface area contributed by atoms with Crippen molar-refractivity contribution in [1.29, 1.82) is 5.26 Å². The Bertz CT molecular complexity index is 965. The summed E-state index contributed by atoms with van der Waals surface area (Å²) in [5.74, 6) is -0.384. The number of ether oxygens (including phenoxy) is 1. The number of nitrogens with one attached hydrogen (secondary N) is 1. The summed E-state index contributed by atoms with van der Waals surface area (Å²) in [7, 11) is 0. The fraction of sp³-hybridized carbons (Fsp3) is 0.429. The predicted octanol–water partition coefficient (Wildman–Crippen LogP) is 2.93. The van der Waals surface area contributed by atoms with Crippen LogP contribution in [0.2, 0.25) is 0 Å². The van der Waals surface area contributed by atoms with Crippen molar-refractivity contribution in [3.8, 4) is 17.3 Å². The van der Waals surface area contributed by atoms with E-state index < -0.39 is 6.04 Å². The largest absolute Gasteiger partial charge is 0.464 e. The molecule has 0 spiro atoms. The topological polar surface area (TPSA) is 97.0 Å². The summed E-state index contributed by atoms with van der Waals surface area (Å²) >= 11 is 0. The predicted molar refractivity (Wildman–Crippen MR) is 102 cm³/mol. The number of aromatic nitrogens is 2. The van der Waals surface area contributed by atoms with Crippen LogP contribution >= 0.6 is 0 Å². The lowest BCUT2D eigenvalue weighted by atomic mass is 10.0. The zero-order valence-corrected chi connectivity index (χ0v) is 15.9. The van der Waals surface area contributed by atoms with Crippen molar-refractivity contribution in [2.75, 3.05) is 6.61 Å². The summed E-state index contributed by atoms with van der Waals surface area (Å²) in [6, 6.07) is 8.76. The molecule has 0 unspecified atom stereocenters. The van der Waals surface area contributed by atoms with Crippen molar-refractivity contribution < 1.29 is 14.3 Å². The van der Waals surface area contributed by atoms with Gasteiger partial charge in [0.1, 0.15) is 11.7 Å². The highest BCUT2D eigenvalue weighted by Gasteiger charge is 2.37. The van der Waals surface area contributed by atoms with Gasteiger partial charge in [-0.25, -0.2) is 4.79 Å². The van der Waals surface area contributed by atoms with Gasteiger partial charge in [-0.15, -0.1) is 0 Å². The zero-order chi connectivity index (χ0) is 19.8. The number of nitrogens with zero attached hydrogens (tertiary/aromatic N) is 3. The van der Waals surface area contributed by atoms with E-state index in [-0.39, 0.29) is 23.8 Å². The minimum Gasteiger partial charge on any atom is -0.464 e. The molecule has 144 valence electrons. The molecule has 1 amide bonds. The van der Waals surface area contributed by atoms with E-state index in [0.29, 0.717) is 24.3 Å². The first kappa shape index (κ1) is 18.2. The van der Waals surface area contributed by atoms with Crippen LogP contribution < -0.4 is 5.32 Å². The number of carbonyl (C=O) groups excluding carboxylic acids is 2. The second kappa shape index (κ2) is 7.12. The molecule has 1 aromatic carbocycles. The Morgan fingerprint density at radius 2 is 2.00 bits per heavy atom. The number of cyclic esters (lactones) is 1. The highest BCUT2D eigenvalue weighted by Crippen LogP contribution is 2.46. The van der Waals surface area contributed by atoms with Crippen LogP contribution in [0.3, 0.4) is 0 Å². The molecule has 7 heteroatoms. The molecular formula is C21H22N4O3. The summed E-state index contributed by atoms with van der Waals surface area (Å²) in [5, 5.41) is 16.6. The van der Waals surface area contributed by atoms with Gasteiger partial charge in [0.05, 0.1) is 23.9 Å². The second-order valence-electron chi connectivity index (χ2n) is 7.59. The number of hydrogen-bond acceptors (Lipinski definition) is 5. The fourth-order valence-corrected chi connectivity index (χ4v) is 3.58. The Hall–Kier alpha value is -3.14. The third-order valence-corrected chi connectivity index (χ3v) is 5.17. The lowest BCUT2D eigenvalue weighted by Crippen LogP contribution is -2.39. The van der Waals surface area contributed by atoms with E-state index in [0.717, 1.165) is 29.7 Å². The Morgan fingerprint density at radius 1 is 1.29 bits per heavy atom. The summed E-state index contributed by atoms with van der Waals surface area (Å²) < 4.78 is 6.71. The molecule has 4 rings (SSSR count). The number of hydrogen-bond donors (Lipinski definition) is 1. The van der Waals surface area contributed by atoms with Crippen LogP contribution in [-0.2, 0) is 9.53 Å². The molecule has 1 aliphatic heterocycles. The SMILES string of the molecule is CC(C)n1nc(-c2ccc(C#N)cc2)c(C2CC2)c1C(=O)N[C@H]1CCOC1=O. The standard InChI is InChI=1S/C21H22N4O3/c1-12(2)25-19(20(26)23-16-9-10-28-21(16)27)17(14-7-8-14)18(24-25)15-5-3-13(11-22)4-6-15/h3-6,12,14,16H,7-10H2,1-2H3,(H,23,26)/t16-/m0/s1. The maximum absolute atomic E-state index is 13.1. The minimum absolute atomic E-state index is 0.0130. The van der Waals surface area contributed by atoms with E-state index in [4.69, 9.17) is 15.1 Å². The third kappa shape index (κ3) is 3.26. The van der Waals surface area contributed by atoms with E-state index >= 15 is 0 Å². The van der Waals surface area contributed by atoms with E-state index in [9.17, 15) is 9.59 Å². The lowest BCUT2D eigenvalue weighted by molar-refractivity contribution is -0.139. The molecule has 2 fully saturated rings. The van der Waals surface area contributed by atoms with Gasteiger partial charge in [-0.05, 0) is 44.7 Å². The minimum atomic E-state index is -0.603. The third-order valence-electron chi connectivity index (χ3n) is 5.17. The van der Waals surface area contributed by atoms with Gasteiger partial charge in [0.25, 0.3) is 5.91 Å². The highest BCUT2D eigenvalue weighted by molar-refractivity contribution is 5.98. The Kier molecular flexibility index (Phi) is 4.63. The van der Waals surface area contributed by atoms with E-state index in [1.807, 2.05) is 26.0 Å². The van der Waals surface area contributed by atoms with Crippen LogP contribution in [0, 0.1) is 11.3 Å². The van der Waals surface area contributed by atoms with Crippen molar-refractivity contribution in [2.45, 2.75) is 51.1 Å². The van der Waals surface area contributed by atoms with Gasteiger partial charge in [-0.3, -0.25) is 9.48 Å². The molecule has 1 aliphatic carbocycles. The summed E-state index contributed by atoms with van der Waals surface area (Å²) in [4.78, 5) is 24.9. The van der Waals surface area contributed by atoms with Gasteiger partial charge < -0.3 is 10.1 Å². The van der Waals surface area contributed by atoms with E-state index in [1.165, 1.54) is 0 Å². The van der Waals surface area contributed by atoms with Gasteiger partial charge in [0.15, 0.2) is 0 Å². The Morgan fingerprint density at radius 3 is 2.54 bits per heavy atom. The Balaban J connectivity index is 1.78. The first-order chi connectivity index (χ1) is 13.5. The summed E-state index contributed by atoms with van der Waals surface area (Å²) in [6.07, 6.45) is 2.51. The molecule has 0 bridgehead atoms. The average Bonchev–Trinajstić information content (AvgIpc) is 3.33. The smallest absolute Gasteiger partial charge is 0.328 e. The van der Waals surface area contributed by atoms with Crippen LogP contribution in [0.25, 0.3) is 11.3 Å². The maximum atomic E-state index is 13.1. The molecule has 0 radical (unpaired) electrons. The molecule has 1 N–H and O–H groups in total. The molecule has 2 heterocycles. The quantitative estimate of drug-likeness (QED) is 0.807. The molecule has 1 saturated carbocycles. The van der Waals surface area contributed by atoms with Crippen LogP contribution in [0.1, 0.15) is 66.7 Å².